The summed E-state index contributed by atoms with van der Waals surface area (Å²) in [6.45, 7) is 0. The number of hydrogen-bond donors (Lipinski definition) is 0. The van der Waals surface area contributed by atoms with Crippen LogP contribution >= 0.6 is 23.2 Å². The van der Waals surface area contributed by atoms with Crippen molar-refractivity contribution in [2.24, 2.45) is 0 Å². The molecule has 2 aromatic carbocycles. The maximum absolute atomic E-state index is 12.0. The molecule has 2 atom stereocenters. The van der Waals surface area contributed by atoms with E-state index in [9.17, 15) is 4.79 Å². The number of alkyl halides is 1. The Morgan fingerprint density at radius 2 is 1.58 bits per heavy atom. The van der Waals surface area contributed by atoms with Crippen LogP contribution in [-0.2, 0) is 4.79 Å². The highest BCUT2D eigenvalue weighted by atomic mass is 35.5. The van der Waals surface area contributed by atoms with Gasteiger partial charge in [-0.25, -0.2) is 0 Å². The van der Waals surface area contributed by atoms with Crippen LogP contribution in [0.5, 0.6) is 0 Å². The van der Waals surface area contributed by atoms with Crippen molar-refractivity contribution in [1.82, 2.24) is 0 Å². The van der Waals surface area contributed by atoms with E-state index in [0.717, 1.165) is 11.3 Å². The Labute approximate surface area is 121 Å². The minimum absolute atomic E-state index is 0.0854. The summed E-state index contributed by atoms with van der Waals surface area (Å²) in [6, 6.07) is 16.8. The summed E-state index contributed by atoms with van der Waals surface area (Å²) in [4.78, 5) is 13.7. The first-order valence-corrected chi connectivity index (χ1v) is 6.78. The van der Waals surface area contributed by atoms with Gasteiger partial charge in [-0.2, -0.15) is 0 Å². The summed E-state index contributed by atoms with van der Waals surface area (Å²) in [5.74, 6) is -0.0854. The normalized spacial score (nSPS) is 22.2. The Morgan fingerprint density at radius 1 is 0.947 bits per heavy atom. The van der Waals surface area contributed by atoms with E-state index in [4.69, 9.17) is 23.2 Å². The van der Waals surface area contributed by atoms with Crippen molar-refractivity contribution in [3.05, 3.63) is 65.2 Å². The van der Waals surface area contributed by atoms with E-state index in [2.05, 4.69) is 0 Å². The average Bonchev–Trinajstić information content (AvgIpc) is 2.46. The third-order valence-electron chi connectivity index (χ3n) is 3.29. The second-order valence-electron chi connectivity index (χ2n) is 4.41. The molecule has 4 heteroatoms. The predicted octanol–water partition coefficient (Wildman–Crippen LogP) is 4.04. The molecule has 1 aliphatic heterocycles. The Kier molecular flexibility index (Phi) is 3.21. The zero-order chi connectivity index (χ0) is 13.4. The van der Waals surface area contributed by atoms with E-state index in [-0.39, 0.29) is 11.9 Å². The summed E-state index contributed by atoms with van der Waals surface area (Å²) in [6.07, 6.45) is 0. The lowest BCUT2D eigenvalue weighted by molar-refractivity contribution is -0.123. The lowest BCUT2D eigenvalue weighted by Crippen LogP contribution is -2.56. The molecule has 19 heavy (non-hydrogen) atoms. The number of amides is 1. The smallest absolute Gasteiger partial charge is 0.248 e. The maximum atomic E-state index is 12.0. The first kappa shape index (κ1) is 12.5. The highest BCUT2D eigenvalue weighted by Crippen LogP contribution is 2.43. The number of hydrogen-bond acceptors (Lipinski definition) is 1. The fourth-order valence-electron chi connectivity index (χ4n) is 2.34. The fraction of sp³-hybridized carbons (Fsp3) is 0.133. The molecule has 0 saturated carbocycles. The van der Waals surface area contributed by atoms with Crippen molar-refractivity contribution in [3.8, 4) is 0 Å². The van der Waals surface area contributed by atoms with Gasteiger partial charge in [0.1, 0.15) is 5.38 Å². The average molecular weight is 292 g/mol. The van der Waals surface area contributed by atoms with E-state index in [1.807, 2.05) is 54.6 Å². The van der Waals surface area contributed by atoms with Crippen LogP contribution in [0.2, 0.25) is 5.02 Å². The molecule has 0 bridgehead atoms. The molecule has 2 nitrogen and oxygen atoms in total. The third-order valence-corrected chi connectivity index (χ3v) is 4.06. The van der Waals surface area contributed by atoms with Gasteiger partial charge in [0.15, 0.2) is 0 Å². The molecule has 1 heterocycles. The van der Waals surface area contributed by atoms with E-state index < -0.39 is 5.38 Å². The summed E-state index contributed by atoms with van der Waals surface area (Å²) >= 11 is 12.4. The first-order chi connectivity index (χ1) is 9.20. The SMILES string of the molecule is O=C1[C@H](Cl)[C@@H](c2ccccc2Cl)N1c1ccccc1. The molecule has 3 rings (SSSR count). The van der Waals surface area contributed by atoms with Crippen LogP contribution in [0.15, 0.2) is 54.6 Å². The zero-order valence-electron chi connectivity index (χ0n) is 9.96. The zero-order valence-corrected chi connectivity index (χ0v) is 11.5. The molecule has 1 saturated heterocycles. The number of rotatable bonds is 2. The number of carbonyl (C=O) groups is 1. The molecule has 1 fully saturated rings. The molecule has 0 aromatic heterocycles. The van der Waals surface area contributed by atoms with Crippen LogP contribution in [0.4, 0.5) is 5.69 Å². The van der Waals surface area contributed by atoms with Crippen LogP contribution in [-0.4, -0.2) is 11.3 Å². The molecule has 1 aliphatic rings. The van der Waals surface area contributed by atoms with Gasteiger partial charge in [0.25, 0.3) is 0 Å². The molecule has 96 valence electrons. The molecular formula is C15H11Cl2NO. The van der Waals surface area contributed by atoms with Gasteiger partial charge in [-0.05, 0) is 23.8 Å². The van der Waals surface area contributed by atoms with Crippen LogP contribution in [0, 0.1) is 0 Å². The number of halogens is 2. The largest absolute Gasteiger partial charge is 0.301 e. The highest BCUT2D eigenvalue weighted by molar-refractivity contribution is 6.38. The van der Waals surface area contributed by atoms with Crippen molar-refractivity contribution >= 4 is 34.8 Å². The molecular weight excluding hydrogens is 281 g/mol. The number of nitrogens with zero attached hydrogens (tertiary/aromatic N) is 1. The first-order valence-electron chi connectivity index (χ1n) is 5.97. The Hall–Kier alpha value is -1.51. The van der Waals surface area contributed by atoms with Crippen LogP contribution in [0.3, 0.4) is 0 Å². The number of β-lactam (4-membered cyclic amide) rings is 1. The van der Waals surface area contributed by atoms with E-state index in [0.29, 0.717) is 5.02 Å². The van der Waals surface area contributed by atoms with Crippen molar-refractivity contribution in [2.45, 2.75) is 11.4 Å². The predicted molar refractivity (Wildman–Crippen MR) is 77.8 cm³/mol. The third kappa shape index (κ3) is 2.01. The highest BCUT2D eigenvalue weighted by Gasteiger charge is 2.48. The van der Waals surface area contributed by atoms with Crippen LogP contribution in [0.25, 0.3) is 0 Å². The van der Waals surface area contributed by atoms with Crippen LogP contribution in [0.1, 0.15) is 11.6 Å². The summed E-state index contributed by atoms with van der Waals surface area (Å²) in [7, 11) is 0. The van der Waals surface area contributed by atoms with E-state index in [1.54, 1.807) is 4.90 Å². The monoisotopic (exact) mass is 291 g/mol. The van der Waals surface area contributed by atoms with Gasteiger partial charge in [0.2, 0.25) is 5.91 Å². The minimum atomic E-state index is -0.555. The van der Waals surface area contributed by atoms with Gasteiger partial charge in [-0.1, -0.05) is 48.0 Å². The molecule has 0 radical (unpaired) electrons. The van der Waals surface area contributed by atoms with Gasteiger partial charge < -0.3 is 4.90 Å². The number of carbonyl (C=O) groups excluding carboxylic acids is 1. The summed E-state index contributed by atoms with van der Waals surface area (Å²) < 4.78 is 0. The lowest BCUT2D eigenvalue weighted by atomic mass is 9.92. The van der Waals surface area contributed by atoms with E-state index in [1.165, 1.54) is 0 Å². The van der Waals surface area contributed by atoms with Crippen molar-refractivity contribution in [3.63, 3.8) is 0 Å². The summed E-state index contributed by atoms with van der Waals surface area (Å²) in [5.41, 5.74) is 1.72. The molecule has 0 N–H and O–H groups in total. The topological polar surface area (TPSA) is 20.3 Å². The minimum Gasteiger partial charge on any atom is -0.301 e. The second kappa shape index (κ2) is 4.87. The second-order valence-corrected chi connectivity index (χ2v) is 5.29. The van der Waals surface area contributed by atoms with Gasteiger partial charge in [-0.15, -0.1) is 11.6 Å². The molecule has 1 amide bonds. The van der Waals surface area contributed by atoms with E-state index >= 15 is 0 Å². The fourth-order valence-corrected chi connectivity index (χ4v) is 2.94. The number of benzene rings is 2. The lowest BCUT2D eigenvalue weighted by Gasteiger charge is -2.44. The maximum Gasteiger partial charge on any atom is 0.248 e. The quantitative estimate of drug-likeness (QED) is 0.604. The van der Waals surface area contributed by atoms with Crippen molar-refractivity contribution in [2.75, 3.05) is 4.90 Å². The number of para-hydroxylation sites is 1. The molecule has 2 aromatic rings. The van der Waals surface area contributed by atoms with Crippen LogP contribution < -0.4 is 4.90 Å². The number of anilines is 1. The molecule has 0 aliphatic carbocycles. The molecule has 0 spiro atoms. The standard InChI is InChI=1S/C15H11Cl2NO/c16-12-9-5-4-8-11(12)14-13(17)15(19)18(14)10-6-2-1-3-7-10/h1-9,13-14H/t13-,14-/m1/s1. The Bertz CT molecular complexity index is 615. The van der Waals surface area contributed by atoms with Gasteiger partial charge in [0, 0.05) is 10.7 Å². The van der Waals surface area contributed by atoms with Crippen molar-refractivity contribution < 1.29 is 4.79 Å². The van der Waals surface area contributed by atoms with Gasteiger partial charge in [0.05, 0.1) is 6.04 Å². The Morgan fingerprint density at radius 3 is 2.26 bits per heavy atom. The molecule has 0 unspecified atom stereocenters. The summed E-state index contributed by atoms with van der Waals surface area (Å²) in [5, 5.41) is 0.0756. The Balaban J connectivity index is 2.01. The van der Waals surface area contributed by atoms with Crippen molar-refractivity contribution in [1.29, 1.82) is 0 Å². The van der Waals surface area contributed by atoms with Gasteiger partial charge >= 0.3 is 0 Å². The van der Waals surface area contributed by atoms with Gasteiger partial charge in [-0.3, -0.25) is 4.79 Å².